The van der Waals surface area contributed by atoms with E-state index in [4.69, 9.17) is 10.1 Å². The van der Waals surface area contributed by atoms with Gasteiger partial charge in [0.1, 0.15) is 0 Å². The van der Waals surface area contributed by atoms with Crippen LogP contribution < -0.4 is 5.32 Å². The molecule has 1 amide bonds. The van der Waals surface area contributed by atoms with Crippen molar-refractivity contribution < 1.29 is 14.7 Å². The number of aliphatic carboxylic acids is 1. The predicted octanol–water partition coefficient (Wildman–Crippen LogP) is 3.58. The third-order valence-electron chi connectivity index (χ3n) is 4.21. The minimum atomic E-state index is -0.874. The fourth-order valence-corrected chi connectivity index (χ4v) is 3.55. The van der Waals surface area contributed by atoms with Gasteiger partial charge in [-0.15, -0.1) is 11.3 Å². The molecule has 0 fully saturated rings. The Balaban J connectivity index is 1.98. The van der Waals surface area contributed by atoms with E-state index in [0.717, 1.165) is 10.6 Å². The number of hydrogen-bond donors (Lipinski definition) is 2. The average molecular weight is 386 g/mol. The van der Waals surface area contributed by atoms with Gasteiger partial charge in [-0.25, -0.2) is 9.67 Å². The number of amides is 1. The second-order valence-corrected chi connectivity index (χ2v) is 7.81. The van der Waals surface area contributed by atoms with Gasteiger partial charge in [-0.2, -0.15) is 5.10 Å². The van der Waals surface area contributed by atoms with Gasteiger partial charge in [0.05, 0.1) is 27.7 Å². The van der Waals surface area contributed by atoms with Crippen molar-refractivity contribution >= 4 is 34.2 Å². The van der Waals surface area contributed by atoms with Crippen LogP contribution in [-0.2, 0) is 4.79 Å². The van der Waals surface area contributed by atoms with Gasteiger partial charge in [-0.3, -0.25) is 9.59 Å². The van der Waals surface area contributed by atoms with E-state index in [0.29, 0.717) is 23.1 Å². The number of aromatic nitrogens is 3. The maximum atomic E-state index is 12.8. The number of carbonyl (C=O) groups excluding carboxylic acids is 1. The molecule has 0 aliphatic heterocycles. The van der Waals surface area contributed by atoms with E-state index in [1.807, 2.05) is 31.4 Å². The quantitative estimate of drug-likeness (QED) is 0.647. The zero-order valence-corrected chi connectivity index (χ0v) is 16.3. The van der Waals surface area contributed by atoms with Gasteiger partial charge in [0, 0.05) is 19.0 Å². The van der Waals surface area contributed by atoms with Crippen LogP contribution in [0.25, 0.3) is 21.6 Å². The summed E-state index contributed by atoms with van der Waals surface area (Å²) < 4.78 is 1.80. The van der Waals surface area contributed by atoms with Crippen LogP contribution in [0.3, 0.4) is 0 Å². The Labute approximate surface area is 161 Å². The van der Waals surface area contributed by atoms with E-state index in [-0.39, 0.29) is 24.3 Å². The highest BCUT2D eigenvalue weighted by Crippen LogP contribution is 2.28. The van der Waals surface area contributed by atoms with Crippen LogP contribution in [0.2, 0.25) is 0 Å². The molecular formula is C19H22N4O3S. The highest BCUT2D eigenvalue weighted by Gasteiger charge is 2.19. The van der Waals surface area contributed by atoms with Crippen molar-refractivity contribution in [1.29, 1.82) is 0 Å². The van der Waals surface area contributed by atoms with Gasteiger partial charge in [-0.1, -0.05) is 13.0 Å². The van der Waals surface area contributed by atoms with Crippen LogP contribution in [0.1, 0.15) is 43.6 Å². The zero-order chi connectivity index (χ0) is 19.6. The minimum Gasteiger partial charge on any atom is -0.481 e. The third kappa shape index (κ3) is 4.16. The number of hydrogen-bond acceptors (Lipinski definition) is 5. The summed E-state index contributed by atoms with van der Waals surface area (Å²) >= 11 is 1.56. The first-order chi connectivity index (χ1) is 12.9. The molecule has 3 aromatic heterocycles. The first-order valence-corrected chi connectivity index (χ1v) is 9.67. The van der Waals surface area contributed by atoms with Crippen LogP contribution in [0.15, 0.2) is 29.8 Å². The van der Waals surface area contributed by atoms with Crippen molar-refractivity contribution in [3.05, 3.63) is 35.3 Å². The molecule has 0 aliphatic carbocycles. The molecule has 0 aromatic carbocycles. The van der Waals surface area contributed by atoms with E-state index < -0.39 is 5.97 Å². The topological polar surface area (TPSA) is 97.1 Å². The molecule has 0 bridgehead atoms. The monoisotopic (exact) mass is 386 g/mol. The second-order valence-electron chi connectivity index (χ2n) is 6.87. The largest absolute Gasteiger partial charge is 0.481 e. The van der Waals surface area contributed by atoms with Gasteiger partial charge in [0.25, 0.3) is 5.91 Å². The van der Waals surface area contributed by atoms with E-state index in [9.17, 15) is 9.59 Å². The van der Waals surface area contributed by atoms with Crippen molar-refractivity contribution in [1.82, 2.24) is 20.1 Å². The molecule has 1 atom stereocenters. The van der Waals surface area contributed by atoms with Crippen molar-refractivity contribution in [3.63, 3.8) is 0 Å². The molecule has 8 heteroatoms. The van der Waals surface area contributed by atoms with Gasteiger partial charge >= 0.3 is 5.97 Å². The second kappa shape index (κ2) is 7.87. The number of thiophene rings is 1. The number of pyridine rings is 1. The number of nitrogens with one attached hydrogen (secondary N) is 1. The Morgan fingerprint density at radius 3 is 2.74 bits per heavy atom. The molecule has 0 aliphatic rings. The lowest BCUT2D eigenvalue weighted by molar-refractivity contribution is -0.137. The van der Waals surface area contributed by atoms with E-state index in [1.165, 1.54) is 0 Å². The highest BCUT2D eigenvalue weighted by atomic mass is 32.1. The van der Waals surface area contributed by atoms with Crippen LogP contribution in [0.5, 0.6) is 0 Å². The van der Waals surface area contributed by atoms with Crippen LogP contribution in [0, 0.1) is 5.92 Å². The number of carbonyl (C=O) groups is 2. The molecule has 3 heterocycles. The molecule has 1 unspecified atom stereocenters. The molecule has 2 N–H and O–H groups in total. The number of fused-ring (bicyclic) bond motifs is 1. The Hall–Kier alpha value is -2.74. The lowest BCUT2D eigenvalue weighted by atomic mass is 10.1. The van der Waals surface area contributed by atoms with Gasteiger partial charge in [-0.05, 0) is 37.3 Å². The van der Waals surface area contributed by atoms with Crippen LogP contribution in [-0.4, -0.2) is 38.3 Å². The number of carboxylic acid groups (broad SMARTS) is 1. The summed E-state index contributed by atoms with van der Waals surface area (Å²) in [7, 11) is 0. The predicted molar refractivity (Wildman–Crippen MR) is 105 cm³/mol. The maximum Gasteiger partial charge on any atom is 0.303 e. The lowest BCUT2D eigenvalue weighted by Gasteiger charge is -2.12. The third-order valence-corrected chi connectivity index (χ3v) is 5.10. The molecule has 0 radical (unpaired) electrons. The number of carboxylic acids is 1. The Kier molecular flexibility index (Phi) is 5.55. The average Bonchev–Trinajstić information content (AvgIpc) is 3.27. The Morgan fingerprint density at radius 2 is 2.11 bits per heavy atom. The molecule has 27 heavy (non-hydrogen) atoms. The normalized spacial score (nSPS) is 12.4. The van der Waals surface area contributed by atoms with Gasteiger partial charge < -0.3 is 10.4 Å². The SMILES string of the molecule is CC(CNC(=O)c1cc(-c2cccs2)nc2c1cnn2C(C)C)CC(=O)O. The number of rotatable bonds is 7. The van der Waals surface area contributed by atoms with E-state index in [2.05, 4.69) is 10.4 Å². The summed E-state index contributed by atoms with van der Waals surface area (Å²) in [6, 6.07) is 5.79. The zero-order valence-electron chi connectivity index (χ0n) is 15.5. The summed E-state index contributed by atoms with van der Waals surface area (Å²) in [6.45, 7) is 6.12. The highest BCUT2D eigenvalue weighted by molar-refractivity contribution is 7.13. The first-order valence-electron chi connectivity index (χ1n) is 8.79. The van der Waals surface area contributed by atoms with Crippen molar-refractivity contribution in [3.8, 4) is 10.6 Å². The summed E-state index contributed by atoms with van der Waals surface area (Å²) in [5.74, 6) is -1.28. The molecule has 7 nitrogen and oxygen atoms in total. The first kappa shape index (κ1) is 19.0. The van der Waals surface area contributed by atoms with Crippen LogP contribution >= 0.6 is 11.3 Å². The molecular weight excluding hydrogens is 364 g/mol. The van der Waals surface area contributed by atoms with Crippen molar-refractivity contribution in [2.75, 3.05) is 6.54 Å². The van der Waals surface area contributed by atoms with Gasteiger partial charge in [0.15, 0.2) is 5.65 Å². The standard InChI is InChI=1S/C19H22N4O3S/c1-11(2)23-18-14(10-21-23)13(8-15(22-18)16-5-4-6-27-16)19(26)20-9-12(3)7-17(24)25/h4-6,8,10-12H,7,9H2,1-3H3,(H,20,26)(H,24,25). The molecule has 142 valence electrons. The van der Waals surface area contributed by atoms with Gasteiger partial charge in [0.2, 0.25) is 0 Å². The van der Waals surface area contributed by atoms with Crippen molar-refractivity contribution in [2.45, 2.75) is 33.2 Å². The Morgan fingerprint density at radius 1 is 1.33 bits per heavy atom. The smallest absolute Gasteiger partial charge is 0.303 e. The minimum absolute atomic E-state index is 0.0117. The summed E-state index contributed by atoms with van der Waals surface area (Å²) in [6.07, 6.45) is 1.67. The van der Waals surface area contributed by atoms with Crippen molar-refractivity contribution in [2.24, 2.45) is 5.92 Å². The fraction of sp³-hybridized carbons (Fsp3) is 0.368. The summed E-state index contributed by atoms with van der Waals surface area (Å²) in [4.78, 5) is 29.3. The molecule has 0 saturated carbocycles. The lowest BCUT2D eigenvalue weighted by Crippen LogP contribution is -2.29. The maximum absolute atomic E-state index is 12.8. The summed E-state index contributed by atoms with van der Waals surface area (Å²) in [5.41, 5.74) is 1.89. The molecule has 3 rings (SSSR count). The molecule has 3 aromatic rings. The summed E-state index contributed by atoms with van der Waals surface area (Å²) in [5, 5.41) is 18.8. The fourth-order valence-electron chi connectivity index (χ4n) is 2.87. The molecule has 0 saturated heterocycles. The Bertz CT molecular complexity index is 963. The van der Waals surface area contributed by atoms with E-state index >= 15 is 0 Å². The molecule has 0 spiro atoms. The van der Waals surface area contributed by atoms with Crippen LogP contribution in [0.4, 0.5) is 0 Å². The number of nitrogens with zero attached hydrogens (tertiary/aromatic N) is 3. The van der Waals surface area contributed by atoms with E-state index in [1.54, 1.807) is 35.2 Å².